The van der Waals surface area contributed by atoms with E-state index in [1.165, 1.54) is 0 Å². The van der Waals surface area contributed by atoms with Crippen LogP contribution in [-0.4, -0.2) is 42.4 Å². The Morgan fingerprint density at radius 3 is 2.91 bits per heavy atom. The minimum Gasteiger partial charge on any atom is -0.395 e. The molecular weight excluding hydrogens is 145 g/mol. The van der Waals surface area contributed by atoms with Crippen LogP contribution in [0.4, 0.5) is 4.39 Å². The maximum atomic E-state index is 12.0. The van der Waals surface area contributed by atoms with Gasteiger partial charge in [-0.2, -0.15) is 0 Å². The predicted octanol–water partition coefficient (Wildman–Crippen LogP) is 0.659. The Morgan fingerprint density at radius 2 is 2.36 bits per heavy atom. The Hall–Kier alpha value is -0.150. The number of aliphatic hydroxyl groups is 1. The monoisotopic (exact) mass is 161 g/mol. The molecule has 1 aliphatic rings. The first-order chi connectivity index (χ1) is 5.29. The van der Waals surface area contributed by atoms with Gasteiger partial charge in [-0.15, -0.1) is 0 Å². The van der Waals surface area contributed by atoms with Crippen molar-refractivity contribution in [3.63, 3.8) is 0 Å². The molecule has 0 aliphatic carbocycles. The van der Waals surface area contributed by atoms with Crippen molar-refractivity contribution in [1.29, 1.82) is 0 Å². The Balaban J connectivity index is 2.40. The summed E-state index contributed by atoms with van der Waals surface area (Å²) in [6.45, 7) is 3.40. The third kappa shape index (κ3) is 1.91. The topological polar surface area (TPSA) is 23.5 Å². The summed E-state index contributed by atoms with van der Waals surface area (Å²) in [5.41, 5.74) is 0. The van der Waals surface area contributed by atoms with Gasteiger partial charge in [0.1, 0.15) is 6.67 Å². The van der Waals surface area contributed by atoms with Crippen LogP contribution in [0, 0.1) is 5.92 Å². The standard InChI is InChI=1S/C8H16FNO/c1-7-2-4-10(5-3-9)8(7)6-11/h7-8,11H,2-6H2,1H3. The van der Waals surface area contributed by atoms with Crippen LogP contribution in [0.3, 0.4) is 0 Å². The van der Waals surface area contributed by atoms with Crippen LogP contribution in [-0.2, 0) is 0 Å². The van der Waals surface area contributed by atoms with Gasteiger partial charge in [0, 0.05) is 12.6 Å². The van der Waals surface area contributed by atoms with Crippen LogP contribution in [0.15, 0.2) is 0 Å². The van der Waals surface area contributed by atoms with Crippen LogP contribution in [0.1, 0.15) is 13.3 Å². The molecule has 11 heavy (non-hydrogen) atoms. The summed E-state index contributed by atoms with van der Waals surface area (Å²) in [5, 5.41) is 8.97. The first kappa shape index (κ1) is 8.94. The molecular formula is C8H16FNO. The fourth-order valence-corrected chi connectivity index (χ4v) is 1.77. The smallest absolute Gasteiger partial charge is 0.102 e. The largest absolute Gasteiger partial charge is 0.395 e. The third-order valence-electron chi connectivity index (χ3n) is 2.56. The molecule has 1 heterocycles. The molecule has 2 nitrogen and oxygen atoms in total. The van der Waals surface area contributed by atoms with E-state index in [0.717, 1.165) is 13.0 Å². The number of alkyl halides is 1. The maximum Gasteiger partial charge on any atom is 0.102 e. The Kier molecular flexibility index (Phi) is 3.27. The van der Waals surface area contributed by atoms with Gasteiger partial charge in [-0.1, -0.05) is 6.92 Å². The SMILES string of the molecule is CC1CCN(CCF)C1CO. The Morgan fingerprint density at radius 1 is 1.64 bits per heavy atom. The van der Waals surface area contributed by atoms with Crippen molar-refractivity contribution in [3.8, 4) is 0 Å². The molecule has 2 unspecified atom stereocenters. The van der Waals surface area contributed by atoms with E-state index in [2.05, 4.69) is 6.92 Å². The third-order valence-corrected chi connectivity index (χ3v) is 2.56. The van der Waals surface area contributed by atoms with Crippen molar-refractivity contribution >= 4 is 0 Å². The number of halogens is 1. The molecule has 0 amide bonds. The van der Waals surface area contributed by atoms with Crippen LogP contribution in [0.5, 0.6) is 0 Å². The highest BCUT2D eigenvalue weighted by molar-refractivity contribution is 4.83. The van der Waals surface area contributed by atoms with Crippen molar-refractivity contribution in [2.45, 2.75) is 19.4 Å². The van der Waals surface area contributed by atoms with E-state index in [0.29, 0.717) is 12.5 Å². The van der Waals surface area contributed by atoms with Gasteiger partial charge >= 0.3 is 0 Å². The van der Waals surface area contributed by atoms with E-state index in [1.807, 2.05) is 4.90 Å². The van der Waals surface area contributed by atoms with E-state index in [4.69, 9.17) is 5.11 Å². The molecule has 0 radical (unpaired) electrons. The highest BCUT2D eigenvalue weighted by Gasteiger charge is 2.29. The zero-order chi connectivity index (χ0) is 8.27. The lowest BCUT2D eigenvalue weighted by Crippen LogP contribution is -2.36. The molecule has 3 heteroatoms. The highest BCUT2D eigenvalue weighted by Crippen LogP contribution is 2.22. The van der Waals surface area contributed by atoms with Crippen LogP contribution in [0.2, 0.25) is 0 Å². The first-order valence-corrected chi connectivity index (χ1v) is 4.20. The fourth-order valence-electron chi connectivity index (χ4n) is 1.77. The van der Waals surface area contributed by atoms with Gasteiger partial charge in [0.25, 0.3) is 0 Å². The molecule has 0 bridgehead atoms. The van der Waals surface area contributed by atoms with Gasteiger partial charge in [0.15, 0.2) is 0 Å². The molecule has 1 fully saturated rings. The van der Waals surface area contributed by atoms with Gasteiger partial charge in [-0.25, -0.2) is 4.39 Å². The number of likely N-dealkylation sites (tertiary alicyclic amines) is 1. The maximum absolute atomic E-state index is 12.0. The van der Waals surface area contributed by atoms with E-state index in [-0.39, 0.29) is 19.3 Å². The summed E-state index contributed by atoms with van der Waals surface area (Å²) in [4.78, 5) is 2.03. The summed E-state index contributed by atoms with van der Waals surface area (Å²) in [5.74, 6) is 0.520. The second-order valence-corrected chi connectivity index (χ2v) is 3.24. The van der Waals surface area contributed by atoms with Gasteiger partial charge in [0.2, 0.25) is 0 Å². The minimum absolute atomic E-state index is 0.168. The van der Waals surface area contributed by atoms with Crippen molar-refractivity contribution < 1.29 is 9.50 Å². The summed E-state index contributed by atoms with van der Waals surface area (Å²) < 4.78 is 12.0. The highest BCUT2D eigenvalue weighted by atomic mass is 19.1. The predicted molar refractivity (Wildman–Crippen MR) is 42.2 cm³/mol. The normalized spacial score (nSPS) is 33.0. The van der Waals surface area contributed by atoms with Crippen molar-refractivity contribution in [1.82, 2.24) is 4.90 Å². The average Bonchev–Trinajstić information content (AvgIpc) is 2.33. The lowest BCUT2D eigenvalue weighted by molar-refractivity contribution is 0.133. The number of aliphatic hydroxyl groups excluding tert-OH is 1. The van der Waals surface area contributed by atoms with Gasteiger partial charge in [0.05, 0.1) is 6.61 Å². The minimum atomic E-state index is -0.302. The Bertz CT molecular complexity index is 119. The van der Waals surface area contributed by atoms with Gasteiger partial charge in [-0.3, -0.25) is 4.90 Å². The quantitative estimate of drug-likeness (QED) is 0.657. The summed E-state index contributed by atoms with van der Waals surface area (Å²) in [6, 6.07) is 0.200. The summed E-state index contributed by atoms with van der Waals surface area (Å²) >= 11 is 0. The molecule has 1 rings (SSSR count). The lowest BCUT2D eigenvalue weighted by atomic mass is 10.0. The molecule has 0 saturated carbocycles. The molecule has 1 aliphatic heterocycles. The lowest BCUT2D eigenvalue weighted by Gasteiger charge is -2.23. The molecule has 0 aromatic carbocycles. The van der Waals surface area contributed by atoms with Gasteiger partial charge in [-0.05, 0) is 18.9 Å². The van der Waals surface area contributed by atoms with Crippen molar-refractivity contribution in [3.05, 3.63) is 0 Å². The first-order valence-electron chi connectivity index (χ1n) is 4.20. The summed E-state index contributed by atoms with van der Waals surface area (Å²) in [6.07, 6.45) is 1.09. The molecule has 0 aromatic heterocycles. The van der Waals surface area contributed by atoms with Crippen molar-refractivity contribution in [2.24, 2.45) is 5.92 Å². The van der Waals surface area contributed by atoms with E-state index in [1.54, 1.807) is 0 Å². The molecule has 2 atom stereocenters. The molecule has 1 N–H and O–H groups in total. The fraction of sp³-hybridized carbons (Fsp3) is 1.00. The van der Waals surface area contributed by atoms with E-state index < -0.39 is 0 Å². The van der Waals surface area contributed by atoms with Crippen LogP contribution >= 0.6 is 0 Å². The second-order valence-electron chi connectivity index (χ2n) is 3.24. The van der Waals surface area contributed by atoms with Crippen molar-refractivity contribution in [2.75, 3.05) is 26.4 Å². The molecule has 0 aromatic rings. The summed E-state index contributed by atoms with van der Waals surface area (Å²) in [7, 11) is 0. The van der Waals surface area contributed by atoms with Crippen LogP contribution < -0.4 is 0 Å². The zero-order valence-corrected chi connectivity index (χ0v) is 6.96. The van der Waals surface area contributed by atoms with Crippen LogP contribution in [0.25, 0.3) is 0 Å². The number of hydrogen-bond donors (Lipinski definition) is 1. The molecule has 0 spiro atoms. The molecule has 1 saturated heterocycles. The van der Waals surface area contributed by atoms with Gasteiger partial charge < -0.3 is 5.11 Å². The second kappa shape index (κ2) is 4.02. The number of rotatable bonds is 3. The zero-order valence-electron chi connectivity index (χ0n) is 6.96. The average molecular weight is 161 g/mol. The number of nitrogens with zero attached hydrogens (tertiary/aromatic N) is 1. The van der Waals surface area contributed by atoms with E-state index >= 15 is 0 Å². The Labute approximate surface area is 67.0 Å². The van der Waals surface area contributed by atoms with E-state index in [9.17, 15) is 4.39 Å². The molecule has 66 valence electrons. The number of hydrogen-bond acceptors (Lipinski definition) is 2.